The molecule has 1 fully saturated rings. The Bertz CT molecular complexity index is 828. The number of piperazine rings is 1. The molecular formula is C21H26N4O3. The van der Waals surface area contributed by atoms with Crippen LogP contribution in [0, 0.1) is 0 Å². The largest absolute Gasteiger partial charge is 0.491 e. The van der Waals surface area contributed by atoms with Crippen molar-refractivity contribution in [3.05, 3.63) is 53.9 Å². The number of rotatable bonds is 5. The predicted molar refractivity (Wildman–Crippen MR) is 108 cm³/mol. The van der Waals surface area contributed by atoms with Crippen LogP contribution >= 0.6 is 0 Å². The molecule has 0 bridgehead atoms. The Kier molecular flexibility index (Phi) is 6.26. The van der Waals surface area contributed by atoms with Crippen LogP contribution in [0.15, 0.2) is 42.5 Å². The molecule has 148 valence electrons. The fourth-order valence-electron chi connectivity index (χ4n) is 2.94. The molecule has 0 atom stereocenters. The molecule has 28 heavy (non-hydrogen) atoms. The van der Waals surface area contributed by atoms with Crippen molar-refractivity contribution >= 4 is 17.5 Å². The van der Waals surface area contributed by atoms with Gasteiger partial charge in [-0.3, -0.25) is 9.59 Å². The van der Waals surface area contributed by atoms with Gasteiger partial charge in [0.1, 0.15) is 17.1 Å². The number of hydrogen-bond acceptors (Lipinski definition) is 5. The standard InChI is InChI=1S/C21H26N4O3/c1-15(2)28-17-9-7-16(8-10-17)22-20(26)18-5-4-6-19(23-18)21(27)25-13-11-24(3)12-14-25/h4-10,15H,11-14H2,1-3H3,(H,22,26). The molecule has 0 unspecified atom stereocenters. The topological polar surface area (TPSA) is 74.8 Å². The van der Waals surface area contributed by atoms with E-state index in [-0.39, 0.29) is 29.3 Å². The monoisotopic (exact) mass is 382 g/mol. The van der Waals surface area contributed by atoms with Crippen molar-refractivity contribution in [3.63, 3.8) is 0 Å². The molecule has 7 heteroatoms. The third-order valence-electron chi connectivity index (χ3n) is 4.48. The molecule has 1 saturated heterocycles. The molecule has 1 aliphatic heterocycles. The van der Waals surface area contributed by atoms with Crippen molar-refractivity contribution in [3.8, 4) is 5.75 Å². The molecule has 0 spiro atoms. The summed E-state index contributed by atoms with van der Waals surface area (Å²) < 4.78 is 5.59. The third kappa shape index (κ3) is 5.07. The summed E-state index contributed by atoms with van der Waals surface area (Å²) in [5.74, 6) is 0.245. The Labute approximate surface area is 165 Å². The highest BCUT2D eigenvalue weighted by Gasteiger charge is 2.22. The lowest BCUT2D eigenvalue weighted by Crippen LogP contribution is -2.47. The fourth-order valence-corrected chi connectivity index (χ4v) is 2.94. The summed E-state index contributed by atoms with van der Waals surface area (Å²) in [7, 11) is 2.03. The van der Waals surface area contributed by atoms with Gasteiger partial charge < -0.3 is 19.9 Å². The van der Waals surface area contributed by atoms with Gasteiger partial charge in [-0.1, -0.05) is 6.07 Å². The van der Waals surface area contributed by atoms with E-state index in [9.17, 15) is 9.59 Å². The van der Waals surface area contributed by atoms with Crippen LogP contribution in [0.4, 0.5) is 5.69 Å². The van der Waals surface area contributed by atoms with Crippen molar-refractivity contribution in [2.75, 3.05) is 38.5 Å². The van der Waals surface area contributed by atoms with Gasteiger partial charge in [0.25, 0.3) is 11.8 Å². The zero-order chi connectivity index (χ0) is 20.1. The lowest BCUT2D eigenvalue weighted by Gasteiger charge is -2.32. The van der Waals surface area contributed by atoms with Gasteiger partial charge in [0.2, 0.25) is 0 Å². The van der Waals surface area contributed by atoms with Crippen LogP contribution in [0.5, 0.6) is 5.75 Å². The van der Waals surface area contributed by atoms with Gasteiger partial charge in [-0.05, 0) is 57.3 Å². The van der Waals surface area contributed by atoms with E-state index >= 15 is 0 Å². The molecule has 0 aliphatic carbocycles. The van der Waals surface area contributed by atoms with Crippen molar-refractivity contribution in [2.24, 2.45) is 0 Å². The normalized spacial score (nSPS) is 14.8. The summed E-state index contributed by atoms with van der Waals surface area (Å²) in [5, 5.41) is 2.80. The number of ether oxygens (including phenoxy) is 1. The number of aromatic nitrogens is 1. The molecule has 2 aromatic rings. The second kappa shape index (κ2) is 8.84. The Morgan fingerprint density at radius 2 is 1.64 bits per heavy atom. The number of carbonyl (C=O) groups is 2. The van der Waals surface area contributed by atoms with Gasteiger partial charge in [-0.25, -0.2) is 4.98 Å². The SMILES string of the molecule is CC(C)Oc1ccc(NC(=O)c2cccc(C(=O)N3CCN(C)CC3)n2)cc1. The number of amides is 2. The molecule has 0 saturated carbocycles. The van der Waals surface area contributed by atoms with Crippen LogP contribution < -0.4 is 10.1 Å². The minimum absolute atomic E-state index is 0.0882. The van der Waals surface area contributed by atoms with Gasteiger partial charge in [0.05, 0.1) is 6.10 Å². The Morgan fingerprint density at radius 3 is 2.29 bits per heavy atom. The van der Waals surface area contributed by atoms with Gasteiger partial charge in [0, 0.05) is 31.9 Å². The molecule has 1 N–H and O–H groups in total. The molecule has 2 heterocycles. The minimum atomic E-state index is -0.356. The molecule has 2 amide bonds. The average molecular weight is 382 g/mol. The first-order chi connectivity index (χ1) is 13.4. The molecule has 3 rings (SSSR count). The van der Waals surface area contributed by atoms with Gasteiger partial charge in [-0.15, -0.1) is 0 Å². The van der Waals surface area contributed by atoms with E-state index in [0.29, 0.717) is 18.8 Å². The average Bonchev–Trinajstić information content (AvgIpc) is 2.69. The second-order valence-electron chi connectivity index (χ2n) is 7.15. The van der Waals surface area contributed by atoms with Gasteiger partial charge in [0.15, 0.2) is 0 Å². The second-order valence-corrected chi connectivity index (χ2v) is 7.15. The van der Waals surface area contributed by atoms with Crippen LogP contribution in [0.2, 0.25) is 0 Å². The van der Waals surface area contributed by atoms with E-state index in [1.807, 2.05) is 20.9 Å². The summed E-state index contributed by atoms with van der Waals surface area (Å²) in [4.78, 5) is 33.4. The van der Waals surface area contributed by atoms with Crippen LogP contribution in [0.25, 0.3) is 0 Å². The number of likely N-dealkylation sites (N-methyl/N-ethyl adjacent to an activating group) is 1. The predicted octanol–water partition coefficient (Wildman–Crippen LogP) is 2.51. The van der Waals surface area contributed by atoms with E-state index in [0.717, 1.165) is 18.8 Å². The number of nitrogens with zero attached hydrogens (tertiary/aromatic N) is 3. The summed E-state index contributed by atoms with van der Waals surface area (Å²) in [6, 6.07) is 12.1. The Morgan fingerprint density at radius 1 is 1.00 bits per heavy atom. The highest BCUT2D eigenvalue weighted by Crippen LogP contribution is 2.17. The van der Waals surface area contributed by atoms with E-state index in [1.165, 1.54) is 0 Å². The van der Waals surface area contributed by atoms with Gasteiger partial charge >= 0.3 is 0 Å². The lowest BCUT2D eigenvalue weighted by atomic mass is 10.2. The smallest absolute Gasteiger partial charge is 0.274 e. The molecule has 0 radical (unpaired) electrons. The number of nitrogens with one attached hydrogen (secondary N) is 1. The Hall–Kier alpha value is -2.93. The highest BCUT2D eigenvalue weighted by molar-refractivity contribution is 6.03. The summed E-state index contributed by atoms with van der Waals surface area (Å²) in [6.45, 7) is 6.91. The first kappa shape index (κ1) is 19.8. The molecule has 1 aromatic carbocycles. The number of carbonyl (C=O) groups excluding carboxylic acids is 2. The first-order valence-electron chi connectivity index (χ1n) is 9.45. The molecule has 7 nitrogen and oxygen atoms in total. The number of hydrogen-bond donors (Lipinski definition) is 1. The zero-order valence-corrected chi connectivity index (χ0v) is 16.5. The highest BCUT2D eigenvalue weighted by atomic mass is 16.5. The summed E-state index contributed by atoms with van der Waals surface area (Å²) in [5.41, 5.74) is 1.14. The third-order valence-corrected chi connectivity index (χ3v) is 4.48. The van der Waals surface area contributed by atoms with E-state index in [2.05, 4.69) is 15.2 Å². The first-order valence-corrected chi connectivity index (χ1v) is 9.45. The lowest BCUT2D eigenvalue weighted by molar-refractivity contribution is 0.0658. The fraction of sp³-hybridized carbons (Fsp3) is 0.381. The zero-order valence-electron chi connectivity index (χ0n) is 16.5. The maximum absolute atomic E-state index is 12.7. The van der Waals surface area contributed by atoms with Crippen molar-refractivity contribution in [1.82, 2.24) is 14.8 Å². The Balaban J connectivity index is 1.66. The maximum atomic E-state index is 12.7. The number of pyridine rings is 1. The summed E-state index contributed by atoms with van der Waals surface area (Å²) >= 11 is 0. The quantitative estimate of drug-likeness (QED) is 0.860. The molecular weight excluding hydrogens is 356 g/mol. The number of anilines is 1. The van der Waals surface area contributed by atoms with Crippen LogP contribution in [-0.4, -0.2) is 65.9 Å². The van der Waals surface area contributed by atoms with Crippen LogP contribution in [-0.2, 0) is 0 Å². The van der Waals surface area contributed by atoms with Crippen molar-refractivity contribution in [2.45, 2.75) is 20.0 Å². The van der Waals surface area contributed by atoms with E-state index < -0.39 is 0 Å². The van der Waals surface area contributed by atoms with Crippen molar-refractivity contribution in [1.29, 1.82) is 0 Å². The van der Waals surface area contributed by atoms with Crippen molar-refractivity contribution < 1.29 is 14.3 Å². The van der Waals surface area contributed by atoms with Crippen LogP contribution in [0.1, 0.15) is 34.8 Å². The maximum Gasteiger partial charge on any atom is 0.274 e. The van der Waals surface area contributed by atoms with E-state index in [1.54, 1.807) is 47.4 Å². The van der Waals surface area contributed by atoms with Crippen LogP contribution in [0.3, 0.4) is 0 Å². The minimum Gasteiger partial charge on any atom is -0.491 e. The number of benzene rings is 1. The van der Waals surface area contributed by atoms with E-state index in [4.69, 9.17) is 4.74 Å². The molecule has 1 aliphatic rings. The summed E-state index contributed by atoms with van der Waals surface area (Å²) in [6.07, 6.45) is 0.0882. The van der Waals surface area contributed by atoms with Gasteiger partial charge in [-0.2, -0.15) is 0 Å². The molecule has 1 aromatic heterocycles.